The number of rotatable bonds is 4. The van der Waals surface area contributed by atoms with Gasteiger partial charge in [-0.2, -0.15) is 0 Å². The SMILES string of the molecule is Brc1csc(CNCc2ccc3cnccc3c2)c1. The number of hydrogen-bond donors (Lipinski definition) is 1. The van der Waals surface area contributed by atoms with Crippen LogP contribution >= 0.6 is 27.3 Å². The van der Waals surface area contributed by atoms with Crippen molar-refractivity contribution >= 4 is 38.0 Å². The number of aromatic nitrogens is 1. The fourth-order valence-electron chi connectivity index (χ4n) is 2.02. The molecule has 0 amide bonds. The van der Waals surface area contributed by atoms with Gasteiger partial charge in [0.25, 0.3) is 0 Å². The van der Waals surface area contributed by atoms with Crippen LogP contribution in [-0.2, 0) is 13.1 Å². The van der Waals surface area contributed by atoms with Gasteiger partial charge < -0.3 is 5.32 Å². The predicted molar refractivity (Wildman–Crippen MR) is 84.3 cm³/mol. The van der Waals surface area contributed by atoms with Gasteiger partial charge >= 0.3 is 0 Å². The molecular weight excluding hydrogens is 320 g/mol. The Morgan fingerprint density at radius 2 is 2.05 bits per heavy atom. The summed E-state index contributed by atoms with van der Waals surface area (Å²) in [6.07, 6.45) is 3.73. The zero-order valence-electron chi connectivity index (χ0n) is 10.3. The summed E-state index contributed by atoms with van der Waals surface area (Å²) in [6, 6.07) is 10.7. The molecule has 0 saturated carbocycles. The highest BCUT2D eigenvalue weighted by molar-refractivity contribution is 9.10. The van der Waals surface area contributed by atoms with E-state index in [1.807, 2.05) is 12.4 Å². The molecule has 0 radical (unpaired) electrons. The number of nitrogens with one attached hydrogen (secondary N) is 1. The summed E-state index contributed by atoms with van der Waals surface area (Å²) >= 11 is 5.24. The second-order valence-corrected chi connectivity index (χ2v) is 6.30. The first kappa shape index (κ1) is 12.8. The van der Waals surface area contributed by atoms with E-state index in [0.29, 0.717) is 0 Å². The molecule has 1 N–H and O–H groups in total. The molecule has 4 heteroatoms. The van der Waals surface area contributed by atoms with Crippen LogP contribution in [0.25, 0.3) is 10.8 Å². The number of thiophene rings is 1. The van der Waals surface area contributed by atoms with Crippen molar-refractivity contribution in [2.45, 2.75) is 13.1 Å². The highest BCUT2D eigenvalue weighted by Crippen LogP contribution is 2.19. The van der Waals surface area contributed by atoms with E-state index in [1.54, 1.807) is 11.3 Å². The zero-order chi connectivity index (χ0) is 13.1. The topological polar surface area (TPSA) is 24.9 Å². The molecule has 0 bridgehead atoms. The van der Waals surface area contributed by atoms with E-state index in [-0.39, 0.29) is 0 Å². The highest BCUT2D eigenvalue weighted by Gasteiger charge is 1.99. The molecule has 19 heavy (non-hydrogen) atoms. The second kappa shape index (κ2) is 5.82. The van der Waals surface area contributed by atoms with Crippen LogP contribution in [0.4, 0.5) is 0 Å². The van der Waals surface area contributed by atoms with Gasteiger partial charge in [-0.3, -0.25) is 4.98 Å². The largest absolute Gasteiger partial charge is 0.308 e. The van der Waals surface area contributed by atoms with Crippen LogP contribution in [0.5, 0.6) is 0 Å². The molecular formula is C15H13BrN2S. The van der Waals surface area contributed by atoms with Crippen LogP contribution in [0, 0.1) is 0 Å². The van der Waals surface area contributed by atoms with Crippen LogP contribution < -0.4 is 5.32 Å². The van der Waals surface area contributed by atoms with Gasteiger partial charge in [-0.1, -0.05) is 12.1 Å². The van der Waals surface area contributed by atoms with Crippen LogP contribution in [-0.4, -0.2) is 4.98 Å². The lowest BCUT2D eigenvalue weighted by atomic mass is 10.1. The van der Waals surface area contributed by atoms with Gasteiger partial charge in [0.2, 0.25) is 0 Å². The summed E-state index contributed by atoms with van der Waals surface area (Å²) in [6.45, 7) is 1.79. The third kappa shape index (κ3) is 3.21. The minimum absolute atomic E-state index is 0.883. The Morgan fingerprint density at radius 1 is 1.11 bits per heavy atom. The maximum atomic E-state index is 4.13. The lowest BCUT2D eigenvalue weighted by Gasteiger charge is -2.05. The molecule has 0 atom stereocenters. The summed E-state index contributed by atoms with van der Waals surface area (Å²) in [5.74, 6) is 0. The van der Waals surface area contributed by atoms with E-state index in [0.717, 1.165) is 17.6 Å². The number of fused-ring (bicyclic) bond motifs is 1. The smallest absolute Gasteiger partial charge is 0.0346 e. The van der Waals surface area contributed by atoms with Gasteiger partial charge in [-0.05, 0) is 45.1 Å². The van der Waals surface area contributed by atoms with Crippen molar-refractivity contribution in [3.63, 3.8) is 0 Å². The summed E-state index contributed by atoms with van der Waals surface area (Å²) in [5, 5.41) is 8.01. The monoisotopic (exact) mass is 332 g/mol. The molecule has 2 heterocycles. The quantitative estimate of drug-likeness (QED) is 0.768. The molecule has 0 fully saturated rings. The lowest BCUT2D eigenvalue weighted by Crippen LogP contribution is -2.11. The Bertz CT molecular complexity index is 693. The van der Waals surface area contributed by atoms with Gasteiger partial charge in [0.05, 0.1) is 0 Å². The minimum atomic E-state index is 0.883. The Labute approximate surface area is 124 Å². The minimum Gasteiger partial charge on any atom is -0.308 e. The Kier molecular flexibility index (Phi) is 3.92. The number of nitrogens with zero attached hydrogens (tertiary/aromatic N) is 1. The van der Waals surface area contributed by atoms with E-state index < -0.39 is 0 Å². The molecule has 96 valence electrons. The molecule has 2 nitrogen and oxygen atoms in total. The van der Waals surface area contributed by atoms with Gasteiger partial charge in [0, 0.05) is 45.6 Å². The third-order valence-electron chi connectivity index (χ3n) is 2.96. The van der Waals surface area contributed by atoms with Crippen LogP contribution in [0.2, 0.25) is 0 Å². The van der Waals surface area contributed by atoms with Crippen LogP contribution in [0.3, 0.4) is 0 Å². The summed E-state index contributed by atoms with van der Waals surface area (Å²) in [7, 11) is 0. The number of hydrogen-bond acceptors (Lipinski definition) is 3. The van der Waals surface area contributed by atoms with Gasteiger partial charge in [0.1, 0.15) is 0 Å². The molecule has 0 aliphatic rings. The Balaban J connectivity index is 1.65. The lowest BCUT2D eigenvalue weighted by molar-refractivity contribution is 0.701. The first-order valence-electron chi connectivity index (χ1n) is 6.07. The van der Waals surface area contributed by atoms with Gasteiger partial charge in [-0.15, -0.1) is 11.3 Å². The molecule has 0 aliphatic carbocycles. The van der Waals surface area contributed by atoms with Crippen molar-refractivity contribution in [1.29, 1.82) is 0 Å². The summed E-state index contributed by atoms with van der Waals surface area (Å²) in [4.78, 5) is 5.47. The van der Waals surface area contributed by atoms with Gasteiger partial charge in [-0.25, -0.2) is 0 Å². The van der Waals surface area contributed by atoms with Gasteiger partial charge in [0.15, 0.2) is 0 Å². The molecule has 3 rings (SSSR count). The summed E-state index contributed by atoms with van der Waals surface area (Å²) < 4.78 is 1.16. The molecule has 0 saturated heterocycles. The predicted octanol–water partition coefficient (Wildman–Crippen LogP) is 4.35. The van der Waals surface area contributed by atoms with E-state index in [1.165, 1.54) is 21.2 Å². The first-order chi connectivity index (χ1) is 9.31. The van der Waals surface area contributed by atoms with Crippen molar-refractivity contribution in [2.75, 3.05) is 0 Å². The maximum Gasteiger partial charge on any atom is 0.0346 e. The Hall–Kier alpha value is -1.23. The fourth-order valence-corrected chi connectivity index (χ4v) is 3.44. The second-order valence-electron chi connectivity index (χ2n) is 4.39. The normalized spacial score (nSPS) is 11.0. The number of halogens is 1. The molecule has 0 spiro atoms. The van der Waals surface area contributed by atoms with E-state index >= 15 is 0 Å². The summed E-state index contributed by atoms with van der Waals surface area (Å²) in [5.41, 5.74) is 1.30. The first-order valence-corrected chi connectivity index (χ1v) is 7.75. The van der Waals surface area contributed by atoms with E-state index in [2.05, 4.69) is 61.9 Å². The van der Waals surface area contributed by atoms with Crippen molar-refractivity contribution in [1.82, 2.24) is 10.3 Å². The number of benzene rings is 1. The standard InChI is InChI=1S/C15H13BrN2S/c16-14-6-15(19-10-14)9-18-7-11-1-2-13-8-17-4-3-12(13)5-11/h1-6,8,10,18H,7,9H2. The third-order valence-corrected chi connectivity index (χ3v) is 4.65. The van der Waals surface area contributed by atoms with E-state index in [9.17, 15) is 0 Å². The molecule has 2 aromatic heterocycles. The van der Waals surface area contributed by atoms with Crippen LogP contribution in [0.15, 0.2) is 52.6 Å². The van der Waals surface area contributed by atoms with Crippen LogP contribution in [0.1, 0.15) is 10.4 Å². The average Bonchev–Trinajstić information content (AvgIpc) is 2.84. The molecule has 1 aromatic carbocycles. The van der Waals surface area contributed by atoms with Crippen molar-refractivity contribution in [3.05, 3.63) is 63.0 Å². The van der Waals surface area contributed by atoms with E-state index in [4.69, 9.17) is 0 Å². The highest BCUT2D eigenvalue weighted by atomic mass is 79.9. The average molecular weight is 333 g/mol. The zero-order valence-corrected chi connectivity index (χ0v) is 12.7. The van der Waals surface area contributed by atoms with Crippen molar-refractivity contribution in [3.8, 4) is 0 Å². The molecule has 0 unspecified atom stereocenters. The fraction of sp³-hybridized carbons (Fsp3) is 0.133. The maximum absolute atomic E-state index is 4.13. The van der Waals surface area contributed by atoms with Crippen molar-refractivity contribution < 1.29 is 0 Å². The number of pyridine rings is 1. The molecule has 0 aliphatic heterocycles. The Morgan fingerprint density at radius 3 is 2.89 bits per heavy atom. The van der Waals surface area contributed by atoms with Crippen molar-refractivity contribution in [2.24, 2.45) is 0 Å². The molecule has 3 aromatic rings.